The van der Waals surface area contributed by atoms with E-state index in [2.05, 4.69) is 17.0 Å². The Morgan fingerprint density at radius 2 is 2.00 bits per heavy atom. The van der Waals surface area contributed by atoms with Crippen molar-refractivity contribution in [3.05, 3.63) is 29.3 Å². The Labute approximate surface area is 105 Å². The minimum Gasteiger partial charge on any atom is -0.465 e. The molecule has 1 N–H and O–H groups in total. The summed E-state index contributed by atoms with van der Waals surface area (Å²) < 4.78 is 31.5. The zero-order valence-electron chi connectivity index (χ0n) is 10.6. The van der Waals surface area contributed by atoms with Gasteiger partial charge in [-0.15, -0.1) is 0 Å². The first-order chi connectivity index (χ1) is 8.61. The van der Waals surface area contributed by atoms with Gasteiger partial charge >= 0.3 is 5.97 Å². The number of halogens is 2. The van der Waals surface area contributed by atoms with Crippen LogP contribution in [-0.4, -0.2) is 19.6 Å². The molecule has 0 amide bonds. The summed E-state index contributed by atoms with van der Waals surface area (Å²) in [5, 5.41) is 2.81. The smallest absolute Gasteiger partial charge is 0.340 e. The second-order valence-electron chi connectivity index (χ2n) is 3.91. The van der Waals surface area contributed by atoms with Gasteiger partial charge in [0, 0.05) is 6.54 Å². The Bertz CT molecular complexity index is 422. The lowest BCUT2D eigenvalue weighted by molar-refractivity contribution is 0.0594. The van der Waals surface area contributed by atoms with Crippen molar-refractivity contribution in [2.75, 3.05) is 19.0 Å². The van der Waals surface area contributed by atoms with Crippen molar-refractivity contribution in [2.24, 2.45) is 0 Å². The normalized spacial score (nSPS) is 10.2. The molecule has 0 saturated heterocycles. The van der Waals surface area contributed by atoms with E-state index in [1.54, 1.807) is 0 Å². The molecule has 0 aliphatic rings. The number of hydrogen-bond acceptors (Lipinski definition) is 3. The van der Waals surface area contributed by atoms with Gasteiger partial charge in [-0.05, 0) is 18.6 Å². The molecule has 1 aromatic carbocycles. The number of rotatable bonds is 6. The van der Waals surface area contributed by atoms with Crippen LogP contribution in [0.3, 0.4) is 0 Å². The van der Waals surface area contributed by atoms with Crippen LogP contribution in [0.15, 0.2) is 12.1 Å². The van der Waals surface area contributed by atoms with Crippen LogP contribution < -0.4 is 5.32 Å². The van der Waals surface area contributed by atoms with Crippen LogP contribution in [-0.2, 0) is 4.74 Å². The molecule has 1 aromatic rings. The number of benzene rings is 1. The predicted octanol–water partition coefficient (Wildman–Crippen LogP) is 3.35. The van der Waals surface area contributed by atoms with Gasteiger partial charge in [-0.25, -0.2) is 13.6 Å². The van der Waals surface area contributed by atoms with E-state index >= 15 is 0 Å². The fourth-order valence-corrected chi connectivity index (χ4v) is 1.55. The van der Waals surface area contributed by atoms with Crippen LogP contribution in [0.4, 0.5) is 14.5 Å². The van der Waals surface area contributed by atoms with Gasteiger partial charge in [0.15, 0.2) is 11.6 Å². The summed E-state index contributed by atoms with van der Waals surface area (Å²) in [7, 11) is 1.12. The quantitative estimate of drug-likeness (QED) is 0.627. The first-order valence-corrected chi connectivity index (χ1v) is 5.92. The Hall–Kier alpha value is -1.65. The molecule has 3 nitrogen and oxygen atoms in total. The van der Waals surface area contributed by atoms with E-state index in [0.29, 0.717) is 6.54 Å². The number of nitrogens with one attached hydrogen (secondary N) is 1. The highest BCUT2D eigenvalue weighted by Gasteiger charge is 2.18. The fraction of sp³-hybridized carbons (Fsp3) is 0.462. The van der Waals surface area contributed by atoms with Crippen molar-refractivity contribution in [1.29, 1.82) is 0 Å². The van der Waals surface area contributed by atoms with Crippen LogP contribution in [0.5, 0.6) is 0 Å². The van der Waals surface area contributed by atoms with Crippen molar-refractivity contribution in [3.8, 4) is 0 Å². The van der Waals surface area contributed by atoms with Crippen molar-refractivity contribution >= 4 is 11.7 Å². The first-order valence-electron chi connectivity index (χ1n) is 5.92. The average Bonchev–Trinajstić information content (AvgIpc) is 2.38. The summed E-state index contributed by atoms with van der Waals surface area (Å²) in [6.07, 6.45) is 2.97. The Morgan fingerprint density at radius 1 is 1.28 bits per heavy atom. The molecule has 1 rings (SSSR count). The molecule has 0 saturated carbocycles. The monoisotopic (exact) mass is 257 g/mol. The lowest BCUT2D eigenvalue weighted by atomic mass is 10.1. The topological polar surface area (TPSA) is 38.3 Å². The minimum absolute atomic E-state index is 0.0660. The number of carbonyl (C=O) groups is 1. The van der Waals surface area contributed by atoms with E-state index in [9.17, 15) is 13.6 Å². The van der Waals surface area contributed by atoms with E-state index in [-0.39, 0.29) is 5.69 Å². The second-order valence-corrected chi connectivity index (χ2v) is 3.91. The zero-order chi connectivity index (χ0) is 13.5. The maximum atomic E-state index is 13.6. The average molecular weight is 257 g/mol. The lowest BCUT2D eigenvalue weighted by Gasteiger charge is -2.09. The predicted molar refractivity (Wildman–Crippen MR) is 65.7 cm³/mol. The molecule has 0 unspecified atom stereocenters. The van der Waals surface area contributed by atoms with Crippen molar-refractivity contribution in [3.63, 3.8) is 0 Å². The van der Waals surface area contributed by atoms with E-state index < -0.39 is 23.2 Å². The third-order valence-electron chi connectivity index (χ3n) is 2.58. The lowest BCUT2D eigenvalue weighted by Crippen LogP contribution is -2.09. The van der Waals surface area contributed by atoms with Gasteiger partial charge in [-0.1, -0.05) is 19.8 Å². The molecule has 5 heteroatoms. The molecular weight excluding hydrogens is 240 g/mol. The molecule has 0 heterocycles. The molecule has 0 radical (unpaired) electrons. The van der Waals surface area contributed by atoms with Crippen LogP contribution in [0.25, 0.3) is 0 Å². The van der Waals surface area contributed by atoms with E-state index in [1.807, 2.05) is 0 Å². The highest BCUT2D eigenvalue weighted by Crippen LogP contribution is 2.21. The molecule has 0 aromatic heterocycles. The van der Waals surface area contributed by atoms with Crippen LogP contribution >= 0.6 is 0 Å². The summed E-state index contributed by atoms with van der Waals surface area (Å²) in [6, 6.07) is 2.56. The van der Waals surface area contributed by atoms with Crippen LogP contribution in [0, 0.1) is 11.6 Å². The molecule has 0 fully saturated rings. The number of methoxy groups -OCH3 is 1. The number of anilines is 1. The number of unbranched alkanes of at least 4 members (excludes halogenated alkanes) is 2. The Balaban J connectivity index is 2.78. The number of carbonyl (C=O) groups excluding carboxylic acids is 1. The van der Waals surface area contributed by atoms with Gasteiger partial charge < -0.3 is 10.1 Å². The summed E-state index contributed by atoms with van der Waals surface area (Å²) in [4.78, 5) is 11.1. The van der Waals surface area contributed by atoms with E-state index in [0.717, 1.165) is 26.4 Å². The zero-order valence-corrected chi connectivity index (χ0v) is 10.6. The number of esters is 1. The van der Waals surface area contributed by atoms with Gasteiger partial charge in [0.1, 0.15) is 0 Å². The van der Waals surface area contributed by atoms with Gasteiger partial charge in [0.05, 0.1) is 18.4 Å². The molecule has 0 bridgehead atoms. The van der Waals surface area contributed by atoms with Crippen molar-refractivity contribution in [1.82, 2.24) is 0 Å². The third-order valence-corrected chi connectivity index (χ3v) is 2.58. The summed E-state index contributed by atoms with van der Waals surface area (Å²) in [6.45, 7) is 2.63. The van der Waals surface area contributed by atoms with Crippen LogP contribution in [0.1, 0.15) is 36.5 Å². The van der Waals surface area contributed by atoms with Crippen LogP contribution in [0.2, 0.25) is 0 Å². The second kappa shape index (κ2) is 6.93. The fourth-order valence-electron chi connectivity index (χ4n) is 1.55. The van der Waals surface area contributed by atoms with E-state index in [4.69, 9.17) is 0 Å². The summed E-state index contributed by atoms with van der Waals surface area (Å²) in [5.74, 6) is -3.11. The number of hydrogen-bond donors (Lipinski definition) is 1. The maximum absolute atomic E-state index is 13.6. The molecule has 0 aliphatic heterocycles. The Kier molecular flexibility index (Phi) is 5.55. The molecule has 0 atom stereocenters. The Morgan fingerprint density at radius 3 is 2.61 bits per heavy atom. The highest BCUT2D eigenvalue weighted by atomic mass is 19.2. The van der Waals surface area contributed by atoms with Gasteiger partial charge in [-0.3, -0.25) is 0 Å². The standard InChI is InChI=1S/C13H17F2NO2/c1-3-4-5-8-16-10-7-6-9(13(17)18-2)11(14)12(10)15/h6-7,16H,3-5,8H2,1-2H3. The number of ether oxygens (including phenoxy) is 1. The molecule has 0 aliphatic carbocycles. The molecular formula is C13H17F2NO2. The van der Waals surface area contributed by atoms with E-state index in [1.165, 1.54) is 12.1 Å². The van der Waals surface area contributed by atoms with Gasteiger partial charge in [0.25, 0.3) is 0 Å². The van der Waals surface area contributed by atoms with Crippen molar-refractivity contribution < 1.29 is 18.3 Å². The van der Waals surface area contributed by atoms with Gasteiger partial charge in [-0.2, -0.15) is 0 Å². The molecule has 18 heavy (non-hydrogen) atoms. The van der Waals surface area contributed by atoms with Crippen molar-refractivity contribution in [2.45, 2.75) is 26.2 Å². The minimum atomic E-state index is -1.18. The first kappa shape index (κ1) is 14.4. The molecule has 0 spiro atoms. The summed E-state index contributed by atoms with van der Waals surface area (Å²) >= 11 is 0. The molecule has 100 valence electrons. The highest BCUT2D eigenvalue weighted by molar-refractivity contribution is 5.90. The SMILES string of the molecule is CCCCCNc1ccc(C(=O)OC)c(F)c1F. The largest absolute Gasteiger partial charge is 0.465 e. The van der Waals surface area contributed by atoms with Gasteiger partial charge in [0.2, 0.25) is 0 Å². The maximum Gasteiger partial charge on any atom is 0.340 e. The third kappa shape index (κ3) is 3.42. The summed E-state index contributed by atoms with van der Waals surface area (Å²) in [5.41, 5.74) is -0.328.